The highest BCUT2D eigenvalue weighted by atomic mass is 16.5. The van der Waals surface area contributed by atoms with E-state index in [1.54, 1.807) is 25.1 Å². The molecule has 0 atom stereocenters. The molecule has 0 radical (unpaired) electrons. The minimum absolute atomic E-state index is 0.209. The van der Waals surface area contributed by atoms with Gasteiger partial charge in [0.25, 0.3) is 5.91 Å². The number of anilines is 2. The fourth-order valence-corrected chi connectivity index (χ4v) is 2.41. The van der Waals surface area contributed by atoms with Crippen molar-refractivity contribution in [3.8, 4) is 11.5 Å². The summed E-state index contributed by atoms with van der Waals surface area (Å²) in [5.74, 6) is -1.18. The molecule has 0 saturated carbocycles. The van der Waals surface area contributed by atoms with Gasteiger partial charge in [0.05, 0.1) is 6.61 Å². The number of hydrogen-bond donors (Lipinski definition) is 3. The van der Waals surface area contributed by atoms with Crippen LogP contribution in [0.3, 0.4) is 0 Å². The number of carbonyl (C=O) groups excluding carboxylic acids is 2. The Balaban J connectivity index is 2.23. The number of carboxylic acid groups (broad SMARTS) is 1. The number of nitrogens with one attached hydrogen (secondary N) is 2. The van der Waals surface area contributed by atoms with Crippen molar-refractivity contribution in [1.82, 2.24) is 0 Å². The zero-order valence-corrected chi connectivity index (χ0v) is 15.9. The molecule has 2 rings (SSSR count). The van der Waals surface area contributed by atoms with Crippen molar-refractivity contribution in [2.75, 3.05) is 23.8 Å². The first-order valence-electron chi connectivity index (χ1n) is 8.61. The molecule has 0 aliphatic carbocycles. The van der Waals surface area contributed by atoms with E-state index in [-0.39, 0.29) is 23.3 Å². The van der Waals surface area contributed by atoms with E-state index < -0.39 is 12.6 Å². The number of rotatable bonds is 8. The molecular formula is C20H22N2O6. The molecule has 0 aliphatic rings. The van der Waals surface area contributed by atoms with E-state index in [0.29, 0.717) is 23.5 Å². The van der Waals surface area contributed by atoms with E-state index in [1.807, 2.05) is 6.92 Å². The molecule has 2 aromatic carbocycles. The second-order valence-corrected chi connectivity index (χ2v) is 5.94. The maximum absolute atomic E-state index is 12.6. The first-order valence-corrected chi connectivity index (χ1v) is 8.61. The summed E-state index contributed by atoms with van der Waals surface area (Å²) in [4.78, 5) is 34.6. The Morgan fingerprint density at radius 1 is 1.00 bits per heavy atom. The van der Waals surface area contributed by atoms with Gasteiger partial charge in [0, 0.05) is 23.9 Å². The zero-order valence-electron chi connectivity index (χ0n) is 15.9. The van der Waals surface area contributed by atoms with Crippen LogP contribution in [0.2, 0.25) is 0 Å². The molecule has 0 saturated heterocycles. The highest BCUT2D eigenvalue weighted by Gasteiger charge is 2.14. The van der Waals surface area contributed by atoms with E-state index >= 15 is 0 Å². The molecular weight excluding hydrogens is 364 g/mol. The average molecular weight is 386 g/mol. The number of ether oxygens (including phenoxy) is 2. The standard InChI is InChI=1S/C20H22N2O6/c1-4-27-18-9-14(6-8-17(18)28-11-19(24)25)20(26)22-16-10-15(21-13(3)23)7-5-12(16)2/h5-10H,4,11H2,1-3H3,(H,21,23)(H,22,26)(H,24,25). The summed E-state index contributed by atoms with van der Waals surface area (Å²) in [6.45, 7) is 4.82. The quantitative estimate of drug-likeness (QED) is 0.642. The third kappa shape index (κ3) is 5.73. The Hall–Kier alpha value is -3.55. The molecule has 0 aromatic heterocycles. The summed E-state index contributed by atoms with van der Waals surface area (Å²) in [5, 5.41) is 14.2. The van der Waals surface area contributed by atoms with Crippen molar-refractivity contribution in [3.05, 3.63) is 47.5 Å². The zero-order chi connectivity index (χ0) is 20.7. The van der Waals surface area contributed by atoms with Gasteiger partial charge >= 0.3 is 5.97 Å². The molecule has 2 amide bonds. The van der Waals surface area contributed by atoms with Crippen LogP contribution in [0.5, 0.6) is 11.5 Å². The number of aryl methyl sites for hydroxylation is 1. The van der Waals surface area contributed by atoms with Crippen molar-refractivity contribution >= 4 is 29.2 Å². The van der Waals surface area contributed by atoms with Crippen LogP contribution in [-0.2, 0) is 9.59 Å². The monoisotopic (exact) mass is 386 g/mol. The van der Waals surface area contributed by atoms with Gasteiger partial charge in [-0.15, -0.1) is 0 Å². The van der Waals surface area contributed by atoms with Crippen LogP contribution >= 0.6 is 0 Å². The average Bonchev–Trinajstić information content (AvgIpc) is 2.63. The number of hydrogen-bond acceptors (Lipinski definition) is 5. The summed E-state index contributed by atoms with van der Waals surface area (Å²) in [5.41, 5.74) is 2.27. The predicted molar refractivity (Wildman–Crippen MR) is 104 cm³/mol. The molecule has 8 nitrogen and oxygen atoms in total. The number of carbonyl (C=O) groups is 3. The van der Waals surface area contributed by atoms with Gasteiger partial charge in [-0.1, -0.05) is 6.07 Å². The summed E-state index contributed by atoms with van der Waals surface area (Å²) in [7, 11) is 0. The Morgan fingerprint density at radius 3 is 2.39 bits per heavy atom. The highest BCUT2D eigenvalue weighted by Crippen LogP contribution is 2.29. The number of amides is 2. The van der Waals surface area contributed by atoms with Gasteiger partial charge in [0.1, 0.15) is 0 Å². The minimum atomic E-state index is -1.11. The van der Waals surface area contributed by atoms with Gasteiger partial charge in [-0.05, 0) is 49.7 Å². The summed E-state index contributed by atoms with van der Waals surface area (Å²) in [6.07, 6.45) is 0. The van der Waals surface area contributed by atoms with Gasteiger partial charge in [0.15, 0.2) is 18.1 Å². The molecule has 8 heteroatoms. The van der Waals surface area contributed by atoms with Crippen molar-refractivity contribution in [2.24, 2.45) is 0 Å². The predicted octanol–water partition coefficient (Wildman–Crippen LogP) is 3.07. The maximum Gasteiger partial charge on any atom is 0.341 e. The molecule has 0 aliphatic heterocycles. The second kappa shape index (κ2) is 9.40. The van der Waals surface area contributed by atoms with Crippen LogP contribution < -0.4 is 20.1 Å². The van der Waals surface area contributed by atoms with Crippen LogP contribution in [0.4, 0.5) is 11.4 Å². The Kier molecular flexibility index (Phi) is 6.97. The van der Waals surface area contributed by atoms with E-state index in [0.717, 1.165) is 5.56 Å². The topological polar surface area (TPSA) is 114 Å². The van der Waals surface area contributed by atoms with Gasteiger partial charge in [-0.25, -0.2) is 4.79 Å². The van der Waals surface area contributed by atoms with E-state index in [1.165, 1.54) is 25.1 Å². The normalized spacial score (nSPS) is 10.1. The molecule has 28 heavy (non-hydrogen) atoms. The lowest BCUT2D eigenvalue weighted by molar-refractivity contribution is -0.139. The first kappa shape index (κ1) is 20.8. The van der Waals surface area contributed by atoms with E-state index in [2.05, 4.69) is 10.6 Å². The highest BCUT2D eigenvalue weighted by molar-refractivity contribution is 6.05. The van der Waals surface area contributed by atoms with Crippen LogP contribution in [0, 0.1) is 6.92 Å². The van der Waals surface area contributed by atoms with Gasteiger partial charge < -0.3 is 25.2 Å². The van der Waals surface area contributed by atoms with Crippen LogP contribution in [-0.4, -0.2) is 36.1 Å². The number of carboxylic acids is 1. The van der Waals surface area contributed by atoms with Gasteiger partial charge in [-0.3, -0.25) is 9.59 Å². The molecule has 0 bridgehead atoms. The van der Waals surface area contributed by atoms with Crippen molar-refractivity contribution < 1.29 is 29.0 Å². The number of benzene rings is 2. The Morgan fingerprint density at radius 2 is 1.75 bits per heavy atom. The maximum atomic E-state index is 12.6. The third-order valence-corrected chi connectivity index (χ3v) is 3.66. The number of aliphatic carboxylic acids is 1. The lowest BCUT2D eigenvalue weighted by atomic mass is 10.1. The van der Waals surface area contributed by atoms with Crippen LogP contribution in [0.25, 0.3) is 0 Å². The molecule has 0 spiro atoms. The Labute approximate surface area is 162 Å². The Bertz CT molecular complexity index is 894. The van der Waals surface area contributed by atoms with Gasteiger partial charge in [0.2, 0.25) is 5.91 Å². The van der Waals surface area contributed by atoms with E-state index in [4.69, 9.17) is 14.6 Å². The minimum Gasteiger partial charge on any atom is -0.490 e. The molecule has 2 aromatic rings. The van der Waals surface area contributed by atoms with Crippen molar-refractivity contribution in [3.63, 3.8) is 0 Å². The molecule has 148 valence electrons. The third-order valence-electron chi connectivity index (χ3n) is 3.66. The summed E-state index contributed by atoms with van der Waals surface area (Å²) < 4.78 is 10.6. The molecule has 3 N–H and O–H groups in total. The second-order valence-electron chi connectivity index (χ2n) is 5.94. The molecule has 0 fully saturated rings. The first-order chi connectivity index (χ1) is 13.3. The van der Waals surface area contributed by atoms with Crippen molar-refractivity contribution in [1.29, 1.82) is 0 Å². The smallest absolute Gasteiger partial charge is 0.341 e. The summed E-state index contributed by atoms with van der Waals surface area (Å²) >= 11 is 0. The van der Waals surface area contributed by atoms with Gasteiger partial charge in [-0.2, -0.15) is 0 Å². The van der Waals surface area contributed by atoms with Crippen molar-refractivity contribution in [2.45, 2.75) is 20.8 Å². The van der Waals surface area contributed by atoms with Crippen LogP contribution in [0.15, 0.2) is 36.4 Å². The summed E-state index contributed by atoms with van der Waals surface area (Å²) in [6, 6.07) is 9.69. The molecule has 0 heterocycles. The largest absolute Gasteiger partial charge is 0.490 e. The lowest BCUT2D eigenvalue weighted by Gasteiger charge is -2.14. The lowest BCUT2D eigenvalue weighted by Crippen LogP contribution is -2.14. The fraction of sp³-hybridized carbons (Fsp3) is 0.250. The van der Waals surface area contributed by atoms with Crippen LogP contribution in [0.1, 0.15) is 29.8 Å². The fourth-order valence-electron chi connectivity index (χ4n) is 2.41. The molecule has 0 unspecified atom stereocenters. The van der Waals surface area contributed by atoms with E-state index in [9.17, 15) is 14.4 Å². The SMILES string of the molecule is CCOc1cc(C(=O)Nc2cc(NC(C)=O)ccc2C)ccc1OCC(=O)O.